The molecule has 0 atom stereocenters. The number of para-hydroxylation sites is 1. The fourth-order valence-electron chi connectivity index (χ4n) is 2.32. The Morgan fingerprint density at radius 1 is 1.50 bits per heavy atom. The van der Waals surface area contributed by atoms with E-state index in [9.17, 15) is 4.79 Å². The lowest BCUT2D eigenvalue weighted by Crippen LogP contribution is -2.24. The van der Waals surface area contributed by atoms with Gasteiger partial charge in [-0.05, 0) is 32.1 Å². The minimum Gasteiger partial charge on any atom is -0.465 e. The molecule has 0 saturated carbocycles. The molecule has 0 aliphatic heterocycles. The molecule has 7 heteroatoms. The first-order valence-electron chi connectivity index (χ1n) is 6.86. The summed E-state index contributed by atoms with van der Waals surface area (Å²) in [5.41, 5.74) is 10.7. The third-order valence-electron chi connectivity index (χ3n) is 3.24. The minimum atomic E-state index is -0.267. The quantitative estimate of drug-likeness (QED) is 0.379. The van der Waals surface area contributed by atoms with Gasteiger partial charge in [0.1, 0.15) is 6.54 Å². The van der Waals surface area contributed by atoms with Gasteiger partial charge in [-0.3, -0.25) is 10.2 Å². The molecular weight excluding hydrogens is 300 g/mol. The number of rotatable bonds is 5. The number of aromatic nitrogens is 1. The van der Waals surface area contributed by atoms with Crippen molar-refractivity contribution in [2.45, 2.75) is 20.4 Å². The molecule has 2 rings (SSSR count). The van der Waals surface area contributed by atoms with Crippen LogP contribution in [0.15, 0.2) is 29.4 Å². The normalized spacial score (nSPS) is 11.0. The molecule has 0 aliphatic carbocycles. The van der Waals surface area contributed by atoms with Crippen molar-refractivity contribution in [3.05, 3.63) is 35.5 Å². The number of ether oxygens (including phenoxy) is 1. The largest absolute Gasteiger partial charge is 0.465 e. The van der Waals surface area contributed by atoms with Crippen molar-refractivity contribution in [2.24, 2.45) is 10.8 Å². The molecular formula is C15H18N4O2S. The molecule has 0 saturated heterocycles. The summed E-state index contributed by atoms with van der Waals surface area (Å²) in [5, 5.41) is 5.11. The maximum absolute atomic E-state index is 11.8. The average molecular weight is 318 g/mol. The van der Waals surface area contributed by atoms with E-state index in [0.717, 1.165) is 22.2 Å². The van der Waals surface area contributed by atoms with E-state index in [1.165, 1.54) is 0 Å². The maximum atomic E-state index is 11.8. The molecule has 0 amide bonds. The van der Waals surface area contributed by atoms with Crippen LogP contribution in [0.1, 0.15) is 18.2 Å². The number of benzene rings is 1. The molecule has 0 spiro atoms. The van der Waals surface area contributed by atoms with Gasteiger partial charge in [0.15, 0.2) is 5.11 Å². The third-order valence-corrected chi connectivity index (χ3v) is 3.33. The molecule has 0 bridgehead atoms. The number of thiocarbonyl (C=S) groups is 1. The van der Waals surface area contributed by atoms with E-state index in [1.807, 2.05) is 35.8 Å². The van der Waals surface area contributed by atoms with Gasteiger partial charge in [0.25, 0.3) is 0 Å². The summed E-state index contributed by atoms with van der Waals surface area (Å²) in [7, 11) is 0. The molecule has 3 N–H and O–H groups in total. The molecule has 0 radical (unpaired) electrons. The summed E-state index contributed by atoms with van der Waals surface area (Å²) in [6, 6.07) is 7.80. The predicted octanol–water partition coefficient (Wildman–Crippen LogP) is 1.68. The van der Waals surface area contributed by atoms with Crippen LogP contribution in [0.5, 0.6) is 0 Å². The number of hydrazone groups is 1. The SMILES string of the molecule is CCOC(=O)Cn1c(C)c(/C=N\NC(N)=S)c2ccccc21. The van der Waals surface area contributed by atoms with E-state index in [4.69, 9.17) is 22.7 Å². The summed E-state index contributed by atoms with van der Waals surface area (Å²) in [5.74, 6) is -0.267. The smallest absolute Gasteiger partial charge is 0.325 e. The standard InChI is InChI=1S/C15H18N4O2S/c1-3-21-14(20)9-19-10(2)12(8-17-18-15(16)22)11-6-4-5-7-13(11)19/h4-8H,3,9H2,1-2H3,(H3,16,18,22)/b17-8-. The van der Waals surface area contributed by atoms with Gasteiger partial charge in [0.05, 0.1) is 12.8 Å². The van der Waals surface area contributed by atoms with Gasteiger partial charge < -0.3 is 15.0 Å². The van der Waals surface area contributed by atoms with E-state index in [-0.39, 0.29) is 17.6 Å². The summed E-state index contributed by atoms with van der Waals surface area (Å²) >= 11 is 4.72. The Kier molecular flexibility index (Phi) is 5.11. The van der Waals surface area contributed by atoms with Gasteiger partial charge in [-0.1, -0.05) is 18.2 Å². The molecule has 0 aliphatic rings. The van der Waals surface area contributed by atoms with Gasteiger partial charge in [-0.15, -0.1) is 0 Å². The first-order chi connectivity index (χ1) is 10.5. The Bertz CT molecular complexity index is 736. The number of carbonyl (C=O) groups excluding carboxylic acids is 1. The monoisotopic (exact) mass is 318 g/mol. The molecule has 6 nitrogen and oxygen atoms in total. The molecule has 116 valence electrons. The van der Waals surface area contributed by atoms with Crippen molar-refractivity contribution in [1.82, 2.24) is 9.99 Å². The molecule has 1 aromatic heterocycles. The number of hydrogen-bond acceptors (Lipinski definition) is 4. The second-order valence-electron chi connectivity index (χ2n) is 4.64. The first-order valence-corrected chi connectivity index (χ1v) is 7.27. The van der Waals surface area contributed by atoms with Gasteiger partial charge in [-0.25, -0.2) is 0 Å². The van der Waals surface area contributed by atoms with E-state index in [0.29, 0.717) is 6.61 Å². The van der Waals surface area contributed by atoms with Crippen LogP contribution in [-0.4, -0.2) is 28.5 Å². The lowest BCUT2D eigenvalue weighted by Gasteiger charge is -2.07. The second kappa shape index (κ2) is 7.04. The van der Waals surface area contributed by atoms with Crippen LogP contribution in [0.25, 0.3) is 10.9 Å². The van der Waals surface area contributed by atoms with Crippen molar-refractivity contribution < 1.29 is 9.53 Å². The zero-order chi connectivity index (χ0) is 16.1. The Labute approximate surface area is 133 Å². The third kappa shape index (κ3) is 3.43. The van der Waals surface area contributed by atoms with Crippen LogP contribution < -0.4 is 11.2 Å². The van der Waals surface area contributed by atoms with Gasteiger partial charge in [-0.2, -0.15) is 5.10 Å². The Morgan fingerprint density at radius 3 is 2.91 bits per heavy atom. The van der Waals surface area contributed by atoms with Crippen LogP contribution in [0, 0.1) is 6.92 Å². The Balaban J connectivity index is 2.44. The number of hydrogen-bond donors (Lipinski definition) is 2. The molecule has 22 heavy (non-hydrogen) atoms. The highest BCUT2D eigenvalue weighted by Crippen LogP contribution is 2.24. The molecule has 1 heterocycles. The summed E-state index contributed by atoms with van der Waals surface area (Å²) in [6.07, 6.45) is 1.65. The highest BCUT2D eigenvalue weighted by atomic mass is 32.1. The molecule has 0 unspecified atom stereocenters. The molecule has 1 aromatic carbocycles. The van der Waals surface area contributed by atoms with Crippen LogP contribution in [0.4, 0.5) is 0 Å². The van der Waals surface area contributed by atoms with E-state index in [2.05, 4.69) is 10.5 Å². The highest BCUT2D eigenvalue weighted by molar-refractivity contribution is 7.80. The van der Waals surface area contributed by atoms with Crippen LogP contribution in [0.3, 0.4) is 0 Å². The Morgan fingerprint density at radius 2 is 2.23 bits per heavy atom. The topological polar surface area (TPSA) is 81.6 Å². The number of nitrogens with zero attached hydrogens (tertiary/aromatic N) is 2. The number of carbonyl (C=O) groups is 1. The van der Waals surface area contributed by atoms with Crippen LogP contribution in [-0.2, 0) is 16.1 Å². The van der Waals surface area contributed by atoms with E-state index in [1.54, 1.807) is 13.1 Å². The predicted molar refractivity (Wildman–Crippen MR) is 90.8 cm³/mol. The van der Waals surface area contributed by atoms with E-state index >= 15 is 0 Å². The summed E-state index contributed by atoms with van der Waals surface area (Å²) in [4.78, 5) is 11.8. The van der Waals surface area contributed by atoms with Crippen molar-refractivity contribution in [1.29, 1.82) is 0 Å². The van der Waals surface area contributed by atoms with Crippen molar-refractivity contribution in [2.75, 3.05) is 6.61 Å². The van der Waals surface area contributed by atoms with E-state index < -0.39 is 0 Å². The summed E-state index contributed by atoms with van der Waals surface area (Å²) in [6.45, 7) is 4.25. The fourth-order valence-corrected chi connectivity index (χ4v) is 2.37. The number of fused-ring (bicyclic) bond motifs is 1. The fraction of sp³-hybridized carbons (Fsp3) is 0.267. The van der Waals surface area contributed by atoms with Crippen molar-refractivity contribution in [3.63, 3.8) is 0 Å². The van der Waals surface area contributed by atoms with Gasteiger partial charge in [0.2, 0.25) is 0 Å². The summed E-state index contributed by atoms with van der Waals surface area (Å²) < 4.78 is 6.94. The minimum absolute atomic E-state index is 0.101. The number of nitrogens with one attached hydrogen (secondary N) is 1. The lowest BCUT2D eigenvalue weighted by atomic mass is 10.1. The van der Waals surface area contributed by atoms with Crippen LogP contribution in [0.2, 0.25) is 0 Å². The zero-order valence-electron chi connectivity index (χ0n) is 12.5. The lowest BCUT2D eigenvalue weighted by molar-refractivity contribution is -0.143. The first kappa shape index (κ1) is 16.0. The van der Waals surface area contributed by atoms with Crippen LogP contribution >= 0.6 is 12.2 Å². The van der Waals surface area contributed by atoms with Crippen molar-refractivity contribution in [3.8, 4) is 0 Å². The van der Waals surface area contributed by atoms with Gasteiger partial charge in [0, 0.05) is 22.2 Å². The molecule has 2 aromatic rings. The second-order valence-corrected chi connectivity index (χ2v) is 5.08. The average Bonchev–Trinajstić information content (AvgIpc) is 2.73. The highest BCUT2D eigenvalue weighted by Gasteiger charge is 2.15. The number of nitrogens with two attached hydrogens (primary N) is 1. The number of esters is 1. The molecule has 0 fully saturated rings. The zero-order valence-corrected chi connectivity index (χ0v) is 13.3. The van der Waals surface area contributed by atoms with Gasteiger partial charge >= 0.3 is 5.97 Å². The maximum Gasteiger partial charge on any atom is 0.325 e. The Hall–Kier alpha value is -2.41. The van der Waals surface area contributed by atoms with Crippen molar-refractivity contribution >= 4 is 40.4 Å².